The summed E-state index contributed by atoms with van der Waals surface area (Å²) in [6.07, 6.45) is -0.0505. The molecular weight excluding hydrogens is 291 g/mol. The zero-order chi connectivity index (χ0) is 16.7. The van der Waals surface area contributed by atoms with Crippen LogP contribution in [0.25, 0.3) is 0 Å². The zero-order valence-corrected chi connectivity index (χ0v) is 12.5. The van der Waals surface area contributed by atoms with Crippen molar-refractivity contribution in [3.8, 4) is 0 Å². The third-order valence-electron chi connectivity index (χ3n) is 3.06. The van der Waals surface area contributed by atoms with Crippen molar-refractivity contribution in [3.63, 3.8) is 0 Å². The van der Waals surface area contributed by atoms with E-state index in [0.717, 1.165) is 12.1 Å². The first kappa shape index (κ1) is 17.6. The summed E-state index contributed by atoms with van der Waals surface area (Å²) in [6.45, 7) is 3.51. The van der Waals surface area contributed by atoms with Crippen molar-refractivity contribution in [2.24, 2.45) is 11.7 Å². The van der Waals surface area contributed by atoms with Gasteiger partial charge in [0, 0.05) is 5.56 Å². The molecule has 1 aromatic rings. The Labute approximate surface area is 127 Å². The van der Waals surface area contributed by atoms with Gasteiger partial charge in [0.2, 0.25) is 5.91 Å². The van der Waals surface area contributed by atoms with E-state index < -0.39 is 35.6 Å². The van der Waals surface area contributed by atoms with Gasteiger partial charge in [-0.05, 0) is 37.1 Å². The second-order valence-corrected chi connectivity index (χ2v) is 4.85. The van der Waals surface area contributed by atoms with Crippen LogP contribution in [0.15, 0.2) is 24.3 Å². The summed E-state index contributed by atoms with van der Waals surface area (Å²) in [5.74, 6) is -2.80. The number of hydrogen-bond acceptors (Lipinski definition) is 4. The van der Waals surface area contributed by atoms with Crippen molar-refractivity contribution in [3.05, 3.63) is 35.6 Å². The number of carbonyl (C=O) groups excluding carboxylic acids is 3. The molecule has 2 amide bonds. The Balaban J connectivity index is 2.75. The number of halogens is 1. The summed E-state index contributed by atoms with van der Waals surface area (Å²) in [5.41, 5.74) is 5.46. The summed E-state index contributed by atoms with van der Waals surface area (Å²) < 4.78 is 17.6. The van der Waals surface area contributed by atoms with Crippen molar-refractivity contribution >= 4 is 17.8 Å². The number of rotatable bonds is 7. The molecule has 0 aliphatic carbocycles. The molecule has 0 saturated heterocycles. The van der Waals surface area contributed by atoms with Gasteiger partial charge in [-0.3, -0.25) is 14.4 Å². The molecule has 22 heavy (non-hydrogen) atoms. The molecule has 3 N–H and O–H groups in total. The van der Waals surface area contributed by atoms with Crippen molar-refractivity contribution < 1.29 is 23.5 Å². The highest BCUT2D eigenvalue weighted by Crippen LogP contribution is 2.11. The van der Waals surface area contributed by atoms with E-state index in [9.17, 15) is 18.8 Å². The van der Waals surface area contributed by atoms with Crippen LogP contribution < -0.4 is 11.1 Å². The van der Waals surface area contributed by atoms with Crippen LogP contribution in [0.3, 0.4) is 0 Å². The van der Waals surface area contributed by atoms with E-state index in [2.05, 4.69) is 5.32 Å². The molecule has 2 atom stereocenters. The lowest BCUT2D eigenvalue weighted by atomic mass is 9.97. The topological polar surface area (TPSA) is 98.5 Å². The Bertz CT molecular complexity index is 545. The van der Waals surface area contributed by atoms with E-state index in [-0.39, 0.29) is 18.6 Å². The number of carbonyl (C=O) groups is 3. The van der Waals surface area contributed by atoms with Gasteiger partial charge in [0.05, 0.1) is 13.0 Å². The molecule has 120 valence electrons. The first-order valence-corrected chi connectivity index (χ1v) is 6.86. The fourth-order valence-corrected chi connectivity index (χ4v) is 1.92. The van der Waals surface area contributed by atoms with Gasteiger partial charge in [-0.2, -0.15) is 0 Å². The van der Waals surface area contributed by atoms with Crippen LogP contribution in [-0.4, -0.2) is 30.4 Å². The van der Waals surface area contributed by atoms with Crippen molar-refractivity contribution in [2.45, 2.75) is 26.3 Å². The molecule has 0 heterocycles. The van der Waals surface area contributed by atoms with E-state index in [1.165, 1.54) is 12.1 Å². The van der Waals surface area contributed by atoms with Gasteiger partial charge in [-0.1, -0.05) is 6.92 Å². The molecule has 0 unspecified atom stereocenters. The first-order valence-electron chi connectivity index (χ1n) is 6.86. The Morgan fingerprint density at radius 3 is 2.36 bits per heavy atom. The number of hydrogen-bond donors (Lipinski definition) is 2. The quantitative estimate of drug-likeness (QED) is 0.734. The highest BCUT2D eigenvalue weighted by molar-refractivity contribution is 5.97. The van der Waals surface area contributed by atoms with E-state index in [1.54, 1.807) is 13.8 Å². The van der Waals surface area contributed by atoms with Gasteiger partial charge < -0.3 is 15.8 Å². The molecule has 1 rings (SSSR count). The number of nitrogens with one attached hydrogen (secondary N) is 1. The second kappa shape index (κ2) is 8.11. The fourth-order valence-electron chi connectivity index (χ4n) is 1.92. The van der Waals surface area contributed by atoms with Crippen LogP contribution in [0.2, 0.25) is 0 Å². The predicted octanol–water partition coefficient (Wildman–Crippen LogP) is 0.999. The van der Waals surface area contributed by atoms with Crippen LogP contribution >= 0.6 is 0 Å². The van der Waals surface area contributed by atoms with Crippen molar-refractivity contribution in [1.29, 1.82) is 0 Å². The third-order valence-corrected chi connectivity index (χ3v) is 3.06. The number of nitrogens with two attached hydrogens (primary N) is 1. The Morgan fingerprint density at radius 1 is 1.27 bits per heavy atom. The van der Waals surface area contributed by atoms with Crippen LogP contribution in [0.5, 0.6) is 0 Å². The molecule has 1 aromatic carbocycles. The van der Waals surface area contributed by atoms with Crippen molar-refractivity contribution in [2.75, 3.05) is 6.61 Å². The Hall–Kier alpha value is -2.44. The van der Waals surface area contributed by atoms with Gasteiger partial charge >= 0.3 is 5.97 Å². The summed E-state index contributed by atoms with van der Waals surface area (Å²) >= 11 is 0. The predicted molar refractivity (Wildman–Crippen MR) is 77.3 cm³/mol. The minimum atomic E-state index is -1.03. The summed E-state index contributed by atoms with van der Waals surface area (Å²) in [7, 11) is 0. The fraction of sp³-hybridized carbons (Fsp3) is 0.400. The number of primary amides is 1. The number of esters is 1. The molecule has 0 fully saturated rings. The molecule has 0 bridgehead atoms. The third kappa shape index (κ3) is 5.16. The summed E-state index contributed by atoms with van der Waals surface area (Å²) in [6, 6.07) is 3.83. The lowest BCUT2D eigenvalue weighted by molar-refractivity contribution is -0.144. The maximum absolute atomic E-state index is 12.8. The SMILES string of the molecule is CCOC(=O)C[C@@H](C)[C@H](NC(=O)c1ccc(F)cc1)C(N)=O. The number of ether oxygens (including phenoxy) is 1. The van der Waals surface area contributed by atoms with Gasteiger partial charge in [0.25, 0.3) is 5.91 Å². The maximum atomic E-state index is 12.8. The Kier molecular flexibility index (Phi) is 6.49. The lowest BCUT2D eigenvalue weighted by Crippen LogP contribution is -2.49. The van der Waals surface area contributed by atoms with Gasteiger partial charge in [0.15, 0.2) is 0 Å². The van der Waals surface area contributed by atoms with Crippen LogP contribution in [0, 0.1) is 11.7 Å². The van der Waals surface area contributed by atoms with E-state index in [1.807, 2.05) is 0 Å². The highest BCUT2D eigenvalue weighted by atomic mass is 19.1. The molecule has 7 heteroatoms. The van der Waals surface area contributed by atoms with E-state index >= 15 is 0 Å². The average Bonchev–Trinajstić information content (AvgIpc) is 2.44. The van der Waals surface area contributed by atoms with E-state index in [0.29, 0.717) is 0 Å². The minimum Gasteiger partial charge on any atom is -0.466 e. The smallest absolute Gasteiger partial charge is 0.306 e. The zero-order valence-electron chi connectivity index (χ0n) is 12.5. The lowest BCUT2D eigenvalue weighted by Gasteiger charge is -2.21. The standard InChI is InChI=1S/C15H19FN2O4/c1-3-22-12(19)8-9(2)13(14(17)20)18-15(21)10-4-6-11(16)7-5-10/h4-7,9,13H,3,8H2,1-2H3,(H2,17,20)(H,18,21)/t9-,13+/m1/s1. The molecule has 0 spiro atoms. The monoisotopic (exact) mass is 310 g/mol. The second-order valence-electron chi connectivity index (χ2n) is 4.85. The van der Waals surface area contributed by atoms with Crippen LogP contribution in [-0.2, 0) is 14.3 Å². The molecule has 0 aliphatic heterocycles. The number of amides is 2. The summed E-state index contributed by atoms with van der Waals surface area (Å²) in [5, 5.41) is 2.46. The van der Waals surface area contributed by atoms with Gasteiger partial charge in [0.1, 0.15) is 11.9 Å². The number of benzene rings is 1. The molecular formula is C15H19FN2O4. The maximum Gasteiger partial charge on any atom is 0.306 e. The summed E-state index contributed by atoms with van der Waals surface area (Å²) in [4.78, 5) is 35.0. The molecule has 0 saturated carbocycles. The minimum absolute atomic E-state index is 0.0505. The first-order chi connectivity index (χ1) is 10.3. The molecule has 6 nitrogen and oxygen atoms in total. The molecule has 0 aromatic heterocycles. The Morgan fingerprint density at radius 2 is 1.86 bits per heavy atom. The van der Waals surface area contributed by atoms with Gasteiger partial charge in [-0.15, -0.1) is 0 Å². The van der Waals surface area contributed by atoms with E-state index in [4.69, 9.17) is 10.5 Å². The van der Waals surface area contributed by atoms with Crippen LogP contribution in [0.1, 0.15) is 30.6 Å². The largest absolute Gasteiger partial charge is 0.466 e. The van der Waals surface area contributed by atoms with Crippen LogP contribution in [0.4, 0.5) is 4.39 Å². The normalized spacial score (nSPS) is 13.0. The molecule has 0 aliphatic rings. The van der Waals surface area contributed by atoms with Gasteiger partial charge in [-0.25, -0.2) is 4.39 Å². The average molecular weight is 310 g/mol. The highest BCUT2D eigenvalue weighted by Gasteiger charge is 2.27. The molecule has 0 radical (unpaired) electrons. The van der Waals surface area contributed by atoms with Crippen molar-refractivity contribution in [1.82, 2.24) is 5.32 Å².